The van der Waals surface area contributed by atoms with Crippen LogP contribution in [0.5, 0.6) is 0 Å². The van der Waals surface area contributed by atoms with E-state index in [2.05, 4.69) is 15.6 Å². The minimum Gasteiger partial charge on any atom is -0.341 e. The third kappa shape index (κ3) is 5.79. The van der Waals surface area contributed by atoms with Crippen LogP contribution in [0.3, 0.4) is 0 Å². The first-order chi connectivity index (χ1) is 15.2. The molecule has 2 aromatic rings. The molecule has 1 saturated heterocycles. The Balaban J connectivity index is 1.50. The Hall–Kier alpha value is -3.53. The Kier molecular flexibility index (Phi) is 7.37. The van der Waals surface area contributed by atoms with E-state index in [4.69, 9.17) is 11.6 Å². The van der Waals surface area contributed by atoms with Crippen LogP contribution in [0.2, 0.25) is 5.02 Å². The van der Waals surface area contributed by atoms with E-state index in [9.17, 15) is 24.5 Å². The molecular formula is C21H22ClN5O5. The van der Waals surface area contributed by atoms with Crippen LogP contribution < -0.4 is 10.6 Å². The van der Waals surface area contributed by atoms with Crippen molar-refractivity contribution in [2.75, 3.05) is 18.4 Å². The second kappa shape index (κ2) is 10.2. The highest BCUT2D eigenvalue weighted by Gasteiger charge is 2.30. The van der Waals surface area contributed by atoms with Crippen molar-refractivity contribution in [1.82, 2.24) is 15.2 Å². The molecule has 32 heavy (non-hydrogen) atoms. The summed E-state index contributed by atoms with van der Waals surface area (Å²) in [5, 5.41) is 16.7. The number of pyridine rings is 1. The minimum absolute atomic E-state index is 0.102. The highest BCUT2D eigenvalue weighted by Crippen LogP contribution is 2.20. The molecule has 0 radical (unpaired) electrons. The number of halogens is 1. The van der Waals surface area contributed by atoms with Gasteiger partial charge in [-0.1, -0.05) is 17.7 Å². The molecule has 3 rings (SSSR count). The number of nitrogens with one attached hydrogen (secondary N) is 2. The van der Waals surface area contributed by atoms with E-state index >= 15 is 0 Å². The number of aromatic nitrogens is 1. The standard InChI is InChI=1S/C21H22ClN5O5/c1-13(24-20(29)15-3-2-4-17(11-15)27(31)32)21(30)26-9-7-14(8-10-26)19(28)25-18-6-5-16(22)12-23-18/h2-6,11-14H,7-10H2,1H3,(H,24,29)(H,23,25,28). The van der Waals surface area contributed by atoms with E-state index in [1.807, 2.05) is 0 Å². The van der Waals surface area contributed by atoms with Gasteiger partial charge in [0.2, 0.25) is 11.8 Å². The number of benzene rings is 1. The molecule has 1 aliphatic heterocycles. The van der Waals surface area contributed by atoms with E-state index in [0.29, 0.717) is 36.8 Å². The van der Waals surface area contributed by atoms with E-state index < -0.39 is 16.9 Å². The molecule has 2 heterocycles. The number of non-ortho nitro benzene ring substituents is 1. The summed E-state index contributed by atoms with van der Waals surface area (Å²) in [5.41, 5.74) is -0.101. The van der Waals surface area contributed by atoms with Gasteiger partial charge in [0.05, 0.1) is 9.95 Å². The second-order valence-electron chi connectivity index (χ2n) is 7.45. The minimum atomic E-state index is -0.814. The molecule has 1 fully saturated rings. The topological polar surface area (TPSA) is 135 Å². The molecule has 0 aliphatic carbocycles. The van der Waals surface area contributed by atoms with E-state index in [1.54, 1.807) is 24.0 Å². The molecule has 3 amide bonds. The highest BCUT2D eigenvalue weighted by atomic mass is 35.5. The van der Waals surface area contributed by atoms with Gasteiger partial charge >= 0.3 is 0 Å². The third-order valence-electron chi connectivity index (χ3n) is 5.19. The summed E-state index contributed by atoms with van der Waals surface area (Å²) in [4.78, 5) is 53.5. The van der Waals surface area contributed by atoms with Crippen molar-refractivity contribution >= 4 is 40.8 Å². The van der Waals surface area contributed by atoms with Crippen molar-refractivity contribution in [3.05, 3.63) is 63.3 Å². The Labute approximate surface area is 189 Å². The smallest absolute Gasteiger partial charge is 0.270 e. The van der Waals surface area contributed by atoms with E-state index in [-0.39, 0.29) is 29.0 Å². The van der Waals surface area contributed by atoms with Gasteiger partial charge in [-0.05, 0) is 38.0 Å². The first-order valence-electron chi connectivity index (χ1n) is 10.0. The number of carbonyl (C=O) groups excluding carboxylic acids is 3. The molecular weight excluding hydrogens is 438 g/mol. The summed E-state index contributed by atoms with van der Waals surface area (Å²) in [6.07, 6.45) is 2.41. The van der Waals surface area contributed by atoms with Crippen molar-refractivity contribution < 1.29 is 19.3 Å². The Morgan fingerprint density at radius 3 is 2.56 bits per heavy atom. The van der Waals surface area contributed by atoms with Gasteiger partial charge in [-0.15, -0.1) is 0 Å². The maximum Gasteiger partial charge on any atom is 0.270 e. The summed E-state index contributed by atoms with van der Waals surface area (Å²) in [6, 6.07) is 7.74. The van der Waals surface area contributed by atoms with Crippen LogP contribution in [0, 0.1) is 16.0 Å². The van der Waals surface area contributed by atoms with Crippen molar-refractivity contribution in [2.24, 2.45) is 5.92 Å². The summed E-state index contributed by atoms with van der Waals surface area (Å²) >= 11 is 5.79. The number of nitro groups is 1. The number of amides is 3. The zero-order chi connectivity index (χ0) is 23.3. The van der Waals surface area contributed by atoms with Gasteiger partial charge in [0, 0.05) is 42.9 Å². The van der Waals surface area contributed by atoms with E-state index in [1.165, 1.54) is 24.4 Å². The number of rotatable bonds is 6. The van der Waals surface area contributed by atoms with Gasteiger partial charge in [-0.25, -0.2) is 4.98 Å². The van der Waals surface area contributed by atoms with Crippen molar-refractivity contribution in [2.45, 2.75) is 25.8 Å². The summed E-state index contributed by atoms with van der Waals surface area (Å²) < 4.78 is 0. The normalized spacial score (nSPS) is 15.0. The Morgan fingerprint density at radius 1 is 1.22 bits per heavy atom. The molecule has 1 aromatic carbocycles. The van der Waals surface area contributed by atoms with Crippen LogP contribution in [-0.2, 0) is 9.59 Å². The van der Waals surface area contributed by atoms with Crippen LogP contribution in [0.15, 0.2) is 42.6 Å². The third-order valence-corrected chi connectivity index (χ3v) is 5.42. The predicted molar refractivity (Wildman–Crippen MR) is 117 cm³/mol. The number of nitrogens with zero attached hydrogens (tertiary/aromatic N) is 3. The molecule has 1 unspecified atom stereocenters. The lowest BCUT2D eigenvalue weighted by atomic mass is 9.95. The zero-order valence-electron chi connectivity index (χ0n) is 17.3. The van der Waals surface area contributed by atoms with E-state index in [0.717, 1.165) is 6.07 Å². The lowest BCUT2D eigenvalue weighted by molar-refractivity contribution is -0.384. The highest BCUT2D eigenvalue weighted by molar-refractivity contribution is 6.30. The van der Waals surface area contributed by atoms with Gasteiger partial charge < -0.3 is 15.5 Å². The molecule has 1 aromatic heterocycles. The average molecular weight is 460 g/mol. The van der Waals surface area contributed by atoms with Crippen LogP contribution in [0.25, 0.3) is 0 Å². The number of hydrogen-bond acceptors (Lipinski definition) is 6. The van der Waals surface area contributed by atoms with Crippen LogP contribution in [0.1, 0.15) is 30.1 Å². The van der Waals surface area contributed by atoms with Crippen LogP contribution in [0.4, 0.5) is 11.5 Å². The van der Waals surface area contributed by atoms with Gasteiger partial charge in [-0.2, -0.15) is 0 Å². The van der Waals surface area contributed by atoms with Crippen LogP contribution >= 0.6 is 11.6 Å². The number of likely N-dealkylation sites (tertiary alicyclic amines) is 1. The monoisotopic (exact) mass is 459 g/mol. The molecule has 10 nitrogen and oxygen atoms in total. The fraction of sp³-hybridized carbons (Fsp3) is 0.333. The number of anilines is 1. The molecule has 11 heteroatoms. The molecule has 0 saturated carbocycles. The Morgan fingerprint density at radius 2 is 1.94 bits per heavy atom. The zero-order valence-corrected chi connectivity index (χ0v) is 18.0. The number of carbonyl (C=O) groups is 3. The predicted octanol–water partition coefficient (Wildman–Crippen LogP) is 2.64. The largest absolute Gasteiger partial charge is 0.341 e. The lowest BCUT2D eigenvalue weighted by Crippen LogP contribution is -2.50. The molecule has 1 aliphatic rings. The number of hydrogen-bond donors (Lipinski definition) is 2. The first-order valence-corrected chi connectivity index (χ1v) is 10.4. The Bertz CT molecular complexity index is 1020. The second-order valence-corrected chi connectivity index (χ2v) is 7.89. The fourth-order valence-electron chi connectivity index (χ4n) is 3.42. The molecule has 0 bridgehead atoms. The molecule has 0 spiro atoms. The molecule has 1 atom stereocenters. The summed E-state index contributed by atoms with van der Waals surface area (Å²) in [6.45, 7) is 2.31. The van der Waals surface area contributed by atoms with Gasteiger partial charge in [0.1, 0.15) is 11.9 Å². The summed E-state index contributed by atoms with van der Waals surface area (Å²) in [5.74, 6) is -0.859. The van der Waals surface area contributed by atoms with Crippen molar-refractivity contribution in [3.8, 4) is 0 Å². The SMILES string of the molecule is CC(NC(=O)c1cccc([N+](=O)[O-])c1)C(=O)N1CCC(C(=O)Nc2ccc(Cl)cn2)CC1. The van der Waals surface area contributed by atoms with Gasteiger partial charge in [-0.3, -0.25) is 24.5 Å². The van der Waals surface area contributed by atoms with Crippen LogP contribution in [-0.4, -0.2) is 51.7 Å². The van der Waals surface area contributed by atoms with Crippen molar-refractivity contribution in [1.29, 1.82) is 0 Å². The maximum atomic E-state index is 12.7. The number of piperidine rings is 1. The maximum absolute atomic E-state index is 12.7. The average Bonchev–Trinajstić information content (AvgIpc) is 2.80. The fourth-order valence-corrected chi connectivity index (χ4v) is 3.53. The molecule has 168 valence electrons. The quantitative estimate of drug-likeness (QED) is 0.503. The number of nitro benzene ring substituents is 1. The first kappa shape index (κ1) is 23.1. The van der Waals surface area contributed by atoms with Crippen molar-refractivity contribution in [3.63, 3.8) is 0 Å². The lowest BCUT2D eigenvalue weighted by Gasteiger charge is -2.33. The van der Waals surface area contributed by atoms with Gasteiger partial charge in [0.25, 0.3) is 11.6 Å². The van der Waals surface area contributed by atoms with Gasteiger partial charge in [0.15, 0.2) is 0 Å². The molecule has 2 N–H and O–H groups in total. The summed E-state index contributed by atoms with van der Waals surface area (Å²) in [7, 11) is 0.